The van der Waals surface area contributed by atoms with Crippen molar-refractivity contribution in [3.8, 4) is 56.8 Å². The first-order valence-corrected chi connectivity index (χ1v) is 13.5. The summed E-state index contributed by atoms with van der Waals surface area (Å²) in [4.78, 5) is 0. The molecule has 6 rings (SSSR count). The Morgan fingerprint density at radius 1 is 0.381 bits per heavy atom. The second-order valence-electron chi connectivity index (χ2n) is 9.84. The van der Waals surface area contributed by atoms with Crippen LogP contribution in [0.1, 0.15) is 0 Å². The number of hydrogen-bond acceptors (Lipinski definition) is 6. The van der Waals surface area contributed by atoms with Crippen LogP contribution in [-0.2, 0) is 0 Å². The van der Waals surface area contributed by atoms with Crippen LogP contribution < -0.4 is 28.4 Å². The van der Waals surface area contributed by atoms with Gasteiger partial charge < -0.3 is 28.4 Å². The molecule has 0 aliphatic rings. The quantitative estimate of drug-likeness (QED) is 0.174. The van der Waals surface area contributed by atoms with Gasteiger partial charge in [0.1, 0.15) is 0 Å². The SMILES string of the molecule is COc1cc(-c2c3cc4ccccc4cc3c(-c3ccccc3)c3cc(OC)c(OC)c(OC)c23)cc(OC)c1OC. The fourth-order valence-electron chi connectivity index (χ4n) is 5.98. The number of ether oxygens (including phenoxy) is 6. The predicted molar refractivity (Wildman–Crippen MR) is 169 cm³/mol. The summed E-state index contributed by atoms with van der Waals surface area (Å²) in [5.74, 6) is 3.30. The summed E-state index contributed by atoms with van der Waals surface area (Å²) in [5, 5.41) is 6.24. The average Bonchev–Trinajstić information content (AvgIpc) is 3.04. The molecule has 0 fully saturated rings. The second-order valence-corrected chi connectivity index (χ2v) is 9.84. The zero-order chi connectivity index (χ0) is 29.4. The Labute approximate surface area is 244 Å². The van der Waals surface area contributed by atoms with Crippen molar-refractivity contribution in [2.24, 2.45) is 0 Å². The van der Waals surface area contributed by atoms with E-state index < -0.39 is 0 Å². The van der Waals surface area contributed by atoms with E-state index in [1.165, 1.54) is 0 Å². The molecule has 0 amide bonds. The summed E-state index contributed by atoms with van der Waals surface area (Å²) in [7, 11) is 9.77. The summed E-state index contributed by atoms with van der Waals surface area (Å²) in [6.45, 7) is 0. The molecule has 0 unspecified atom stereocenters. The van der Waals surface area contributed by atoms with Crippen LogP contribution in [0.5, 0.6) is 34.5 Å². The maximum Gasteiger partial charge on any atom is 0.203 e. The van der Waals surface area contributed by atoms with Gasteiger partial charge in [0, 0.05) is 10.9 Å². The maximum atomic E-state index is 6.15. The standard InChI is InChI=1S/C36H32O6/c1-37-28-18-24(19-29(38-2)34(28)40-4)32-26-17-23-15-11-10-14-22(23)16-25(26)31(21-12-8-7-9-13-21)27-20-30(39-3)35(41-5)36(42-6)33(27)32/h7-20H,1-6H3. The van der Waals surface area contributed by atoms with Gasteiger partial charge in [-0.15, -0.1) is 0 Å². The van der Waals surface area contributed by atoms with Crippen molar-refractivity contribution in [3.63, 3.8) is 0 Å². The van der Waals surface area contributed by atoms with E-state index in [4.69, 9.17) is 28.4 Å². The first-order valence-electron chi connectivity index (χ1n) is 13.5. The number of benzene rings is 6. The van der Waals surface area contributed by atoms with Crippen molar-refractivity contribution < 1.29 is 28.4 Å². The molecule has 6 aromatic carbocycles. The Kier molecular flexibility index (Phi) is 7.13. The molecule has 0 aliphatic carbocycles. The van der Waals surface area contributed by atoms with Gasteiger partial charge >= 0.3 is 0 Å². The van der Waals surface area contributed by atoms with E-state index in [2.05, 4.69) is 60.7 Å². The Morgan fingerprint density at radius 2 is 0.881 bits per heavy atom. The largest absolute Gasteiger partial charge is 0.493 e. The van der Waals surface area contributed by atoms with Crippen molar-refractivity contribution >= 4 is 32.3 Å². The van der Waals surface area contributed by atoms with Gasteiger partial charge in [-0.25, -0.2) is 0 Å². The molecule has 0 saturated heterocycles. The third-order valence-corrected chi connectivity index (χ3v) is 7.79. The lowest BCUT2D eigenvalue weighted by Gasteiger charge is -2.23. The zero-order valence-corrected chi connectivity index (χ0v) is 24.5. The molecule has 6 nitrogen and oxygen atoms in total. The number of fused-ring (bicyclic) bond motifs is 3. The Hall–Kier alpha value is -5.10. The molecule has 0 saturated carbocycles. The molecular weight excluding hydrogens is 528 g/mol. The van der Waals surface area contributed by atoms with Crippen LogP contribution in [0.3, 0.4) is 0 Å². The summed E-state index contributed by atoms with van der Waals surface area (Å²) in [6.07, 6.45) is 0. The van der Waals surface area contributed by atoms with Crippen LogP contribution in [0.4, 0.5) is 0 Å². The highest BCUT2D eigenvalue weighted by atomic mass is 16.5. The summed E-state index contributed by atoms with van der Waals surface area (Å²) in [5.41, 5.74) is 3.97. The van der Waals surface area contributed by atoms with Crippen molar-refractivity contribution in [1.29, 1.82) is 0 Å². The van der Waals surface area contributed by atoms with E-state index in [1.807, 2.05) is 24.3 Å². The third kappa shape index (κ3) is 4.18. The highest BCUT2D eigenvalue weighted by Gasteiger charge is 2.26. The van der Waals surface area contributed by atoms with Gasteiger partial charge in [0.25, 0.3) is 0 Å². The molecule has 0 atom stereocenters. The molecule has 0 aliphatic heterocycles. The van der Waals surface area contributed by atoms with E-state index in [1.54, 1.807) is 42.7 Å². The molecule has 0 bridgehead atoms. The molecular formula is C36H32O6. The Balaban J connectivity index is 1.94. The van der Waals surface area contributed by atoms with Gasteiger partial charge in [0.05, 0.1) is 42.7 Å². The number of hydrogen-bond donors (Lipinski definition) is 0. The minimum Gasteiger partial charge on any atom is -0.493 e. The molecule has 42 heavy (non-hydrogen) atoms. The molecule has 0 heterocycles. The molecule has 6 heteroatoms. The van der Waals surface area contributed by atoms with Crippen LogP contribution in [-0.4, -0.2) is 42.7 Å². The van der Waals surface area contributed by atoms with Gasteiger partial charge in [0.15, 0.2) is 23.0 Å². The summed E-state index contributed by atoms with van der Waals surface area (Å²) < 4.78 is 35.1. The predicted octanol–water partition coefficient (Wildman–Crippen LogP) is 8.53. The lowest BCUT2D eigenvalue weighted by atomic mass is 9.84. The average molecular weight is 561 g/mol. The fourth-order valence-corrected chi connectivity index (χ4v) is 5.98. The maximum absolute atomic E-state index is 6.15. The minimum atomic E-state index is 0.514. The lowest BCUT2D eigenvalue weighted by Crippen LogP contribution is -2.00. The molecule has 212 valence electrons. The van der Waals surface area contributed by atoms with Crippen LogP contribution in [0.2, 0.25) is 0 Å². The number of rotatable bonds is 8. The Morgan fingerprint density at radius 3 is 1.40 bits per heavy atom. The van der Waals surface area contributed by atoms with Crippen molar-refractivity contribution in [1.82, 2.24) is 0 Å². The van der Waals surface area contributed by atoms with Crippen LogP contribution >= 0.6 is 0 Å². The number of methoxy groups -OCH3 is 6. The monoisotopic (exact) mass is 560 g/mol. The first-order chi connectivity index (χ1) is 20.6. The fraction of sp³-hybridized carbons (Fsp3) is 0.167. The highest BCUT2D eigenvalue weighted by molar-refractivity contribution is 6.25. The lowest BCUT2D eigenvalue weighted by molar-refractivity contribution is 0.324. The van der Waals surface area contributed by atoms with E-state index in [0.29, 0.717) is 34.5 Å². The summed E-state index contributed by atoms with van der Waals surface area (Å²) >= 11 is 0. The minimum absolute atomic E-state index is 0.514. The highest BCUT2D eigenvalue weighted by Crippen LogP contribution is 2.54. The normalized spacial score (nSPS) is 11.1. The van der Waals surface area contributed by atoms with Crippen LogP contribution in [0, 0.1) is 0 Å². The third-order valence-electron chi connectivity index (χ3n) is 7.79. The van der Waals surface area contributed by atoms with Crippen LogP contribution in [0.25, 0.3) is 54.6 Å². The van der Waals surface area contributed by atoms with E-state index >= 15 is 0 Å². The molecule has 0 spiro atoms. The smallest absolute Gasteiger partial charge is 0.203 e. The van der Waals surface area contributed by atoms with Crippen molar-refractivity contribution in [2.75, 3.05) is 42.7 Å². The van der Waals surface area contributed by atoms with Gasteiger partial charge in [-0.1, -0.05) is 54.6 Å². The van der Waals surface area contributed by atoms with Crippen molar-refractivity contribution in [3.05, 3.63) is 84.9 Å². The molecule has 0 radical (unpaired) electrons. The molecule has 0 N–H and O–H groups in total. The zero-order valence-electron chi connectivity index (χ0n) is 24.5. The van der Waals surface area contributed by atoms with Crippen molar-refractivity contribution in [2.45, 2.75) is 0 Å². The van der Waals surface area contributed by atoms with E-state index in [9.17, 15) is 0 Å². The topological polar surface area (TPSA) is 55.4 Å². The first kappa shape index (κ1) is 27.1. The second kappa shape index (κ2) is 11.1. The van der Waals surface area contributed by atoms with Gasteiger partial charge in [0.2, 0.25) is 11.5 Å². The van der Waals surface area contributed by atoms with Gasteiger partial charge in [-0.3, -0.25) is 0 Å². The van der Waals surface area contributed by atoms with E-state index in [0.717, 1.165) is 54.6 Å². The van der Waals surface area contributed by atoms with E-state index in [-0.39, 0.29) is 0 Å². The molecule has 6 aromatic rings. The van der Waals surface area contributed by atoms with Gasteiger partial charge in [-0.2, -0.15) is 0 Å². The van der Waals surface area contributed by atoms with Crippen LogP contribution in [0.15, 0.2) is 84.9 Å². The van der Waals surface area contributed by atoms with Gasteiger partial charge in [-0.05, 0) is 74.0 Å². The molecule has 0 aromatic heterocycles. The summed E-state index contributed by atoms with van der Waals surface area (Å²) in [6, 6.07) is 29.3. The Bertz CT molecular complexity index is 1920.